The van der Waals surface area contributed by atoms with E-state index < -0.39 is 9.84 Å². The molecule has 0 radical (unpaired) electrons. The van der Waals surface area contributed by atoms with Crippen LogP contribution >= 0.6 is 0 Å². The van der Waals surface area contributed by atoms with Crippen LogP contribution in [-0.4, -0.2) is 55.5 Å². The molecule has 0 aromatic carbocycles. The summed E-state index contributed by atoms with van der Waals surface area (Å²) in [6.07, 6.45) is 5.89. The first-order valence-electron chi connectivity index (χ1n) is 7.18. The fourth-order valence-electron chi connectivity index (χ4n) is 3.43. The maximum absolute atomic E-state index is 11.7. The van der Waals surface area contributed by atoms with Crippen LogP contribution in [0.25, 0.3) is 0 Å². The van der Waals surface area contributed by atoms with E-state index in [4.69, 9.17) is 0 Å². The van der Waals surface area contributed by atoms with Crippen LogP contribution < -0.4 is 5.32 Å². The summed E-state index contributed by atoms with van der Waals surface area (Å²) in [5.41, 5.74) is -0.108. The van der Waals surface area contributed by atoms with Gasteiger partial charge in [0.2, 0.25) is 0 Å². The lowest BCUT2D eigenvalue weighted by Crippen LogP contribution is -2.56. The van der Waals surface area contributed by atoms with Crippen molar-refractivity contribution in [2.45, 2.75) is 56.7 Å². The normalized spacial score (nSPS) is 41.1. The van der Waals surface area contributed by atoms with Gasteiger partial charge in [0.1, 0.15) is 0 Å². The summed E-state index contributed by atoms with van der Waals surface area (Å²) in [6.45, 7) is 4.23. The van der Waals surface area contributed by atoms with Crippen molar-refractivity contribution in [3.63, 3.8) is 0 Å². The van der Waals surface area contributed by atoms with Gasteiger partial charge in [-0.25, -0.2) is 8.42 Å². The van der Waals surface area contributed by atoms with Gasteiger partial charge in [0.05, 0.1) is 11.5 Å². The smallest absolute Gasteiger partial charge is 0.152 e. The number of piperidine rings is 1. The van der Waals surface area contributed by atoms with E-state index in [0.717, 1.165) is 25.6 Å². The Balaban J connectivity index is 1.64. The highest BCUT2D eigenvalue weighted by Gasteiger charge is 2.44. The Hall–Kier alpha value is -0.130. The molecule has 2 saturated heterocycles. The van der Waals surface area contributed by atoms with Crippen molar-refractivity contribution >= 4 is 9.84 Å². The topological polar surface area (TPSA) is 49.4 Å². The number of likely N-dealkylation sites (tertiary alicyclic amines) is 1. The molecule has 3 aliphatic rings. The van der Waals surface area contributed by atoms with E-state index >= 15 is 0 Å². The Morgan fingerprint density at radius 3 is 2.61 bits per heavy atom. The van der Waals surface area contributed by atoms with Crippen LogP contribution in [0.1, 0.15) is 39.0 Å². The molecule has 0 amide bonds. The minimum atomic E-state index is -2.79. The lowest BCUT2D eigenvalue weighted by Gasteiger charge is -2.43. The monoisotopic (exact) mass is 272 g/mol. The van der Waals surface area contributed by atoms with E-state index in [1.807, 2.05) is 0 Å². The summed E-state index contributed by atoms with van der Waals surface area (Å²) >= 11 is 0. The highest BCUT2D eigenvalue weighted by Crippen LogP contribution is 2.32. The molecule has 4 nitrogen and oxygen atoms in total. The third-order valence-corrected chi connectivity index (χ3v) is 6.60. The molecule has 2 heterocycles. The molecule has 0 bridgehead atoms. The molecule has 0 aromatic heterocycles. The maximum Gasteiger partial charge on any atom is 0.152 e. The lowest BCUT2D eigenvalue weighted by molar-refractivity contribution is 0.0820. The second-order valence-electron chi connectivity index (χ2n) is 6.57. The fraction of sp³-hybridized carbons (Fsp3) is 1.00. The Morgan fingerprint density at radius 2 is 2.00 bits per heavy atom. The van der Waals surface area contributed by atoms with Crippen LogP contribution in [0.3, 0.4) is 0 Å². The van der Waals surface area contributed by atoms with Crippen LogP contribution in [-0.2, 0) is 9.84 Å². The zero-order chi connectivity index (χ0) is 12.8. The van der Waals surface area contributed by atoms with E-state index in [9.17, 15) is 8.42 Å². The molecule has 3 rings (SSSR count). The SMILES string of the molecule is CC1(N2CCCC(NC3CC3)C2)CCS(=O)(=O)C1. The molecule has 3 fully saturated rings. The van der Waals surface area contributed by atoms with Gasteiger partial charge in [0, 0.05) is 24.2 Å². The van der Waals surface area contributed by atoms with Crippen molar-refractivity contribution in [3.05, 3.63) is 0 Å². The van der Waals surface area contributed by atoms with Gasteiger partial charge in [-0.05, 0) is 45.6 Å². The van der Waals surface area contributed by atoms with E-state index in [1.165, 1.54) is 25.7 Å². The summed E-state index contributed by atoms with van der Waals surface area (Å²) in [4.78, 5) is 2.43. The molecule has 1 N–H and O–H groups in total. The van der Waals surface area contributed by atoms with Gasteiger partial charge >= 0.3 is 0 Å². The molecule has 1 aliphatic carbocycles. The molecule has 2 aliphatic heterocycles. The van der Waals surface area contributed by atoms with Crippen molar-refractivity contribution < 1.29 is 8.42 Å². The first-order valence-corrected chi connectivity index (χ1v) is 9.01. The summed E-state index contributed by atoms with van der Waals surface area (Å²) < 4.78 is 23.4. The van der Waals surface area contributed by atoms with E-state index in [-0.39, 0.29) is 5.54 Å². The highest BCUT2D eigenvalue weighted by molar-refractivity contribution is 7.91. The minimum Gasteiger partial charge on any atom is -0.310 e. The quantitative estimate of drug-likeness (QED) is 0.825. The van der Waals surface area contributed by atoms with E-state index in [2.05, 4.69) is 17.1 Å². The average Bonchev–Trinajstić information content (AvgIpc) is 3.05. The van der Waals surface area contributed by atoms with Crippen LogP contribution in [0.15, 0.2) is 0 Å². The van der Waals surface area contributed by atoms with Crippen molar-refractivity contribution in [1.29, 1.82) is 0 Å². The standard InChI is InChI=1S/C13H24N2O2S/c1-13(6-8-18(16,17)10-13)15-7-2-3-12(9-15)14-11-4-5-11/h11-12,14H,2-10H2,1H3. The number of nitrogens with one attached hydrogen (secondary N) is 1. The van der Waals surface area contributed by atoms with Crippen molar-refractivity contribution in [2.75, 3.05) is 24.6 Å². The van der Waals surface area contributed by atoms with Crippen LogP contribution in [0.2, 0.25) is 0 Å². The van der Waals surface area contributed by atoms with Crippen LogP contribution in [0, 0.1) is 0 Å². The van der Waals surface area contributed by atoms with E-state index in [1.54, 1.807) is 0 Å². The molecular weight excluding hydrogens is 248 g/mol. The number of hydrogen-bond acceptors (Lipinski definition) is 4. The van der Waals surface area contributed by atoms with Crippen molar-refractivity contribution in [2.24, 2.45) is 0 Å². The molecule has 0 spiro atoms. The van der Waals surface area contributed by atoms with Gasteiger partial charge in [0.25, 0.3) is 0 Å². The van der Waals surface area contributed by atoms with Gasteiger partial charge in [-0.3, -0.25) is 4.90 Å². The molecular formula is C13H24N2O2S. The summed E-state index contributed by atoms with van der Waals surface area (Å²) in [7, 11) is -2.79. The number of rotatable bonds is 3. The third-order valence-electron chi connectivity index (χ3n) is 4.72. The zero-order valence-electron chi connectivity index (χ0n) is 11.2. The first-order chi connectivity index (χ1) is 8.47. The fourth-order valence-corrected chi connectivity index (χ4v) is 5.60. The van der Waals surface area contributed by atoms with Gasteiger partial charge < -0.3 is 5.32 Å². The van der Waals surface area contributed by atoms with Gasteiger partial charge in [0.15, 0.2) is 9.84 Å². The molecule has 2 atom stereocenters. The Kier molecular flexibility index (Phi) is 3.19. The number of nitrogens with zero attached hydrogens (tertiary/aromatic N) is 1. The van der Waals surface area contributed by atoms with Gasteiger partial charge in [-0.1, -0.05) is 0 Å². The maximum atomic E-state index is 11.7. The molecule has 1 saturated carbocycles. The van der Waals surface area contributed by atoms with E-state index in [0.29, 0.717) is 17.5 Å². The second-order valence-corrected chi connectivity index (χ2v) is 8.75. The zero-order valence-corrected chi connectivity index (χ0v) is 12.0. The van der Waals surface area contributed by atoms with Crippen LogP contribution in [0.5, 0.6) is 0 Å². The molecule has 0 aromatic rings. The first kappa shape index (κ1) is 12.9. The summed E-state index contributed by atoms with van der Waals surface area (Å²) in [6, 6.07) is 1.32. The Bertz CT molecular complexity index is 419. The van der Waals surface area contributed by atoms with Crippen molar-refractivity contribution in [1.82, 2.24) is 10.2 Å². The van der Waals surface area contributed by atoms with Crippen LogP contribution in [0.4, 0.5) is 0 Å². The minimum absolute atomic E-state index is 0.108. The summed E-state index contributed by atoms with van der Waals surface area (Å²) in [5, 5.41) is 3.69. The predicted octanol–water partition coefficient (Wildman–Crippen LogP) is 0.780. The lowest BCUT2D eigenvalue weighted by atomic mass is 9.94. The third kappa shape index (κ3) is 2.73. The van der Waals surface area contributed by atoms with Gasteiger partial charge in [-0.2, -0.15) is 0 Å². The number of hydrogen-bond donors (Lipinski definition) is 1. The largest absolute Gasteiger partial charge is 0.310 e. The van der Waals surface area contributed by atoms with Crippen molar-refractivity contribution in [3.8, 4) is 0 Å². The predicted molar refractivity (Wildman–Crippen MR) is 72.4 cm³/mol. The second kappa shape index (κ2) is 4.46. The van der Waals surface area contributed by atoms with Gasteiger partial charge in [-0.15, -0.1) is 0 Å². The Labute approximate surface area is 110 Å². The molecule has 5 heteroatoms. The summed E-state index contributed by atoms with van der Waals surface area (Å²) in [5.74, 6) is 0.733. The molecule has 104 valence electrons. The number of sulfone groups is 1. The highest BCUT2D eigenvalue weighted by atomic mass is 32.2. The Morgan fingerprint density at radius 1 is 1.22 bits per heavy atom. The molecule has 18 heavy (non-hydrogen) atoms. The molecule has 2 unspecified atom stereocenters. The average molecular weight is 272 g/mol.